The number of ketones is 1. The lowest BCUT2D eigenvalue weighted by molar-refractivity contribution is -0.125. The summed E-state index contributed by atoms with van der Waals surface area (Å²) in [6.07, 6.45) is 14.0. The molecule has 5 aliphatic rings. The molecule has 6 rings (SSSR count). The second-order valence-electron chi connectivity index (χ2n) is 13.9. The highest BCUT2D eigenvalue weighted by molar-refractivity contribution is 5.82. The van der Waals surface area contributed by atoms with Crippen LogP contribution in [0, 0.1) is 29.1 Å². The number of carbonyl (C=O) groups is 1. The van der Waals surface area contributed by atoms with Gasteiger partial charge in [0.1, 0.15) is 11.5 Å². The van der Waals surface area contributed by atoms with Gasteiger partial charge in [-0.05, 0) is 113 Å². The summed E-state index contributed by atoms with van der Waals surface area (Å²) < 4.78 is 6.44. The minimum atomic E-state index is -0.634. The number of hydrogen-bond donors (Lipinski definition) is 2. The van der Waals surface area contributed by atoms with Crippen molar-refractivity contribution in [2.75, 3.05) is 6.61 Å². The first-order chi connectivity index (χ1) is 18.3. The maximum absolute atomic E-state index is 12.2. The molecule has 7 atom stereocenters. The maximum Gasteiger partial charge on any atom is 0.137 e. The van der Waals surface area contributed by atoms with E-state index >= 15 is 0 Å². The molecule has 3 saturated carbocycles. The largest absolute Gasteiger partial charge is 0.494 e. The zero-order valence-corrected chi connectivity index (χ0v) is 23.9. The molecule has 0 radical (unpaired) electrons. The molecule has 4 nitrogen and oxygen atoms in total. The van der Waals surface area contributed by atoms with Gasteiger partial charge in [0, 0.05) is 30.3 Å². The van der Waals surface area contributed by atoms with Gasteiger partial charge in [-0.25, -0.2) is 0 Å². The van der Waals surface area contributed by atoms with E-state index in [1.807, 2.05) is 0 Å². The highest BCUT2D eigenvalue weighted by atomic mass is 16.5. The average Bonchev–Trinajstić information content (AvgIpc) is 3.49. The summed E-state index contributed by atoms with van der Waals surface area (Å²) in [4.78, 5) is 12.2. The van der Waals surface area contributed by atoms with Gasteiger partial charge in [-0.15, -0.1) is 0 Å². The Labute approximate surface area is 230 Å². The van der Waals surface area contributed by atoms with Crippen molar-refractivity contribution in [3.63, 3.8) is 0 Å². The van der Waals surface area contributed by atoms with E-state index in [-0.39, 0.29) is 5.41 Å². The van der Waals surface area contributed by atoms with Gasteiger partial charge in [0.15, 0.2) is 0 Å². The van der Waals surface area contributed by atoms with Crippen molar-refractivity contribution in [2.24, 2.45) is 29.1 Å². The van der Waals surface area contributed by atoms with Crippen molar-refractivity contribution in [2.45, 2.75) is 122 Å². The van der Waals surface area contributed by atoms with Crippen LogP contribution in [-0.4, -0.2) is 29.1 Å². The smallest absolute Gasteiger partial charge is 0.137 e. The van der Waals surface area contributed by atoms with E-state index in [4.69, 9.17) is 4.74 Å². The van der Waals surface area contributed by atoms with Crippen molar-refractivity contribution < 1.29 is 14.6 Å². The summed E-state index contributed by atoms with van der Waals surface area (Å²) in [6.45, 7) is 7.46. The fourth-order valence-corrected chi connectivity index (χ4v) is 9.88. The van der Waals surface area contributed by atoms with Crippen LogP contribution in [0.1, 0.15) is 116 Å². The fraction of sp³-hybridized carbons (Fsp3) is 0.735. The van der Waals surface area contributed by atoms with Gasteiger partial charge in [0.05, 0.1) is 12.2 Å². The molecule has 3 fully saturated rings. The number of benzene rings is 1. The first kappa shape index (κ1) is 26.6. The van der Waals surface area contributed by atoms with Gasteiger partial charge in [-0.3, -0.25) is 4.79 Å². The monoisotopic (exact) mass is 519 g/mol. The van der Waals surface area contributed by atoms with Gasteiger partial charge in [-0.1, -0.05) is 43.0 Å². The van der Waals surface area contributed by atoms with E-state index in [1.54, 1.807) is 5.57 Å². The minimum absolute atomic E-state index is 0.0695. The predicted octanol–water partition coefficient (Wildman–Crippen LogP) is 7.31. The predicted molar refractivity (Wildman–Crippen MR) is 152 cm³/mol. The average molecular weight is 520 g/mol. The van der Waals surface area contributed by atoms with Crippen LogP contribution in [0.25, 0.3) is 0 Å². The summed E-state index contributed by atoms with van der Waals surface area (Å²) in [7, 11) is 0. The molecule has 1 aromatic carbocycles. The van der Waals surface area contributed by atoms with Crippen molar-refractivity contribution >= 4 is 5.78 Å². The van der Waals surface area contributed by atoms with E-state index in [2.05, 4.69) is 50.4 Å². The maximum atomic E-state index is 12.2. The number of carbonyl (C=O) groups excluding carboxylic acids is 1. The Morgan fingerprint density at radius 2 is 1.95 bits per heavy atom. The lowest BCUT2D eigenvalue weighted by atomic mass is 9.49. The van der Waals surface area contributed by atoms with E-state index < -0.39 is 5.60 Å². The molecule has 0 bridgehead atoms. The minimum Gasteiger partial charge on any atom is -0.494 e. The Morgan fingerprint density at radius 1 is 1.13 bits per heavy atom. The van der Waals surface area contributed by atoms with Crippen LogP contribution in [0.3, 0.4) is 0 Å². The second kappa shape index (κ2) is 10.4. The van der Waals surface area contributed by atoms with Gasteiger partial charge in [-0.2, -0.15) is 0 Å². The molecule has 1 aromatic rings. The molecule has 5 unspecified atom stereocenters. The molecular formula is C34H49NO3. The summed E-state index contributed by atoms with van der Waals surface area (Å²) in [6, 6.07) is 9.62. The van der Waals surface area contributed by atoms with Crippen LogP contribution in [0.2, 0.25) is 0 Å². The third-order valence-corrected chi connectivity index (χ3v) is 11.8. The van der Waals surface area contributed by atoms with Crippen LogP contribution in [0.5, 0.6) is 5.75 Å². The molecule has 0 heterocycles. The van der Waals surface area contributed by atoms with Gasteiger partial charge >= 0.3 is 0 Å². The van der Waals surface area contributed by atoms with Crippen molar-refractivity contribution in [3.05, 3.63) is 41.0 Å². The second-order valence-corrected chi connectivity index (χ2v) is 13.9. The third kappa shape index (κ3) is 4.68. The molecule has 4 heteroatoms. The molecule has 38 heavy (non-hydrogen) atoms. The summed E-state index contributed by atoms with van der Waals surface area (Å²) in [5, 5.41) is 15.6. The van der Waals surface area contributed by atoms with Gasteiger partial charge < -0.3 is 15.2 Å². The standard InChI is InChI=1S/C34H49NO3/c1-22-19-25-20-27(36)11-12-29(25)30-13-16-34(31(32(22)30)14-15-33(34,3)37)17-18-38-28-10-6-7-24(21-28)23(2)35-26-8-4-5-9-26/h6-7,10,21-23,26,30-32,35,37H,4-5,8-9,11-20H2,1-3H3/t22-,23?,30?,31?,32?,33?,34+/m0/s1. The Bertz CT molecular complexity index is 1070. The number of fused-ring (bicyclic) bond motifs is 4. The zero-order chi connectivity index (χ0) is 26.5. The molecule has 5 aliphatic carbocycles. The third-order valence-electron chi connectivity index (χ3n) is 11.8. The van der Waals surface area contributed by atoms with Crippen LogP contribution in [0.4, 0.5) is 0 Å². The van der Waals surface area contributed by atoms with Gasteiger partial charge in [0.25, 0.3) is 0 Å². The van der Waals surface area contributed by atoms with E-state index in [0.29, 0.717) is 54.6 Å². The molecule has 0 aromatic heterocycles. The van der Waals surface area contributed by atoms with E-state index in [0.717, 1.165) is 57.1 Å². The van der Waals surface area contributed by atoms with E-state index in [1.165, 1.54) is 36.8 Å². The van der Waals surface area contributed by atoms with Crippen molar-refractivity contribution in [3.8, 4) is 5.75 Å². The SMILES string of the molecule is CC(NC1CCCC1)c1cccc(OCC[C@]23CCC4C5=C(CC(=O)CC5)C[C@H](C)C4C2CCC3(C)O)c1. The Morgan fingerprint density at radius 3 is 2.76 bits per heavy atom. The molecule has 0 amide bonds. The number of hydrogen-bond acceptors (Lipinski definition) is 4. The highest BCUT2D eigenvalue weighted by Crippen LogP contribution is 2.66. The fourth-order valence-electron chi connectivity index (χ4n) is 9.88. The number of nitrogens with one attached hydrogen (secondary N) is 1. The number of rotatable bonds is 7. The molecule has 0 spiro atoms. The van der Waals surface area contributed by atoms with Crippen molar-refractivity contribution in [1.29, 1.82) is 0 Å². The first-order valence-corrected chi connectivity index (χ1v) is 15.7. The normalized spacial score (nSPS) is 38.1. The molecule has 2 N–H and O–H groups in total. The Kier molecular flexibility index (Phi) is 7.27. The molecular weight excluding hydrogens is 470 g/mol. The quantitative estimate of drug-likeness (QED) is 0.371. The van der Waals surface area contributed by atoms with E-state index in [9.17, 15) is 9.90 Å². The van der Waals surface area contributed by atoms with Crippen LogP contribution >= 0.6 is 0 Å². The first-order valence-electron chi connectivity index (χ1n) is 15.7. The number of ether oxygens (including phenoxy) is 1. The molecule has 0 aliphatic heterocycles. The lowest BCUT2D eigenvalue weighted by Gasteiger charge is -2.56. The summed E-state index contributed by atoms with van der Waals surface area (Å²) in [5.41, 5.74) is 3.71. The molecule has 0 saturated heterocycles. The van der Waals surface area contributed by atoms with Gasteiger partial charge in [0.2, 0.25) is 0 Å². The summed E-state index contributed by atoms with van der Waals surface area (Å²) in [5.74, 6) is 3.79. The Hall–Kier alpha value is -1.65. The number of Topliss-reactive ketones (excluding diaryl/α,β-unsaturated/α-hetero) is 1. The highest BCUT2D eigenvalue weighted by Gasteiger charge is 2.63. The number of aliphatic hydroxyl groups is 1. The topological polar surface area (TPSA) is 58.6 Å². The lowest BCUT2D eigenvalue weighted by Crippen LogP contribution is -2.54. The van der Waals surface area contributed by atoms with Crippen LogP contribution < -0.4 is 10.1 Å². The number of allylic oxidation sites excluding steroid dienone is 2. The molecule has 208 valence electrons. The summed E-state index contributed by atoms with van der Waals surface area (Å²) >= 11 is 0. The zero-order valence-electron chi connectivity index (χ0n) is 23.9. The van der Waals surface area contributed by atoms with Crippen LogP contribution in [-0.2, 0) is 4.79 Å². The van der Waals surface area contributed by atoms with Crippen molar-refractivity contribution in [1.82, 2.24) is 5.32 Å². The Balaban J connectivity index is 1.15. The van der Waals surface area contributed by atoms with Crippen LogP contribution in [0.15, 0.2) is 35.4 Å².